The fourth-order valence-corrected chi connectivity index (χ4v) is 5.63. The molecule has 38 heavy (non-hydrogen) atoms. The Morgan fingerprint density at radius 3 is 2.13 bits per heavy atom. The molecule has 0 unspecified atom stereocenters. The van der Waals surface area contributed by atoms with E-state index >= 15 is 0 Å². The first-order chi connectivity index (χ1) is 18.6. The Bertz CT molecular complexity index is 1770. The molecule has 0 N–H and O–H groups in total. The molecule has 6 aromatic rings. The Kier molecular flexibility index (Phi) is 6.62. The maximum absolute atomic E-state index is 13.1. The second-order valence-corrected chi connectivity index (χ2v) is 10.3. The summed E-state index contributed by atoms with van der Waals surface area (Å²) >= 11 is 7.05. The van der Waals surface area contributed by atoms with Crippen molar-refractivity contribution in [3.63, 3.8) is 0 Å². The lowest BCUT2D eigenvalue weighted by atomic mass is 10.1. The van der Waals surface area contributed by atoms with Gasteiger partial charge in [-0.1, -0.05) is 82.7 Å². The third-order valence-electron chi connectivity index (χ3n) is 6.14. The fraction of sp³-hybridized carbons (Fsp3) is 0. The number of esters is 1. The van der Waals surface area contributed by atoms with Crippen molar-refractivity contribution in [2.45, 2.75) is 0 Å². The van der Waals surface area contributed by atoms with Gasteiger partial charge in [-0.05, 0) is 58.4 Å². The largest absolute Gasteiger partial charge is 0.419 e. The molecule has 7 heteroatoms. The summed E-state index contributed by atoms with van der Waals surface area (Å²) in [5, 5.41) is 5.76. The van der Waals surface area contributed by atoms with Gasteiger partial charge in [-0.2, -0.15) is 5.10 Å². The topological polar surface area (TPSA) is 57.0 Å². The Balaban J connectivity index is 1.34. The second kappa shape index (κ2) is 10.4. The van der Waals surface area contributed by atoms with Gasteiger partial charge in [-0.3, -0.25) is 4.98 Å². The molecular weight excluding hydrogens is 606 g/mol. The van der Waals surface area contributed by atoms with Crippen molar-refractivity contribution in [3.8, 4) is 34.0 Å². The highest BCUT2D eigenvalue weighted by Gasteiger charge is 2.18. The predicted octanol–water partition coefficient (Wildman–Crippen LogP) is 8.50. The number of nitrogens with zero attached hydrogens (tertiary/aromatic N) is 3. The van der Waals surface area contributed by atoms with Crippen LogP contribution in [-0.4, -0.2) is 20.7 Å². The van der Waals surface area contributed by atoms with Gasteiger partial charge in [0.25, 0.3) is 0 Å². The summed E-state index contributed by atoms with van der Waals surface area (Å²) in [7, 11) is 0. The zero-order chi connectivity index (χ0) is 26.1. The number of hydrogen-bond donors (Lipinski definition) is 0. The normalized spacial score (nSPS) is 11.0. The summed E-state index contributed by atoms with van der Waals surface area (Å²) in [6.45, 7) is 0. The smallest absolute Gasteiger partial charge is 0.343 e. The minimum atomic E-state index is -0.472. The molecule has 0 saturated heterocycles. The van der Waals surface area contributed by atoms with E-state index in [4.69, 9.17) is 9.84 Å². The van der Waals surface area contributed by atoms with Gasteiger partial charge in [0.05, 0.1) is 27.1 Å². The second-order valence-electron chi connectivity index (χ2n) is 8.56. The Morgan fingerprint density at radius 1 is 0.737 bits per heavy atom. The molecule has 6 rings (SSSR count). The first-order valence-electron chi connectivity index (χ1n) is 11.8. The molecule has 0 aliphatic rings. The summed E-state index contributed by atoms with van der Waals surface area (Å²) in [4.78, 5) is 17.5. The molecular formula is C31H19Br2N3O2. The number of rotatable bonds is 5. The number of pyridine rings is 1. The Morgan fingerprint density at radius 2 is 1.42 bits per heavy atom. The molecule has 0 amide bonds. The van der Waals surface area contributed by atoms with Crippen LogP contribution < -0.4 is 4.74 Å². The van der Waals surface area contributed by atoms with Gasteiger partial charge in [0, 0.05) is 27.2 Å². The van der Waals surface area contributed by atoms with Crippen LogP contribution in [-0.2, 0) is 0 Å². The predicted molar refractivity (Wildman–Crippen MR) is 157 cm³/mol. The number of benzene rings is 4. The quantitative estimate of drug-likeness (QED) is 0.143. The van der Waals surface area contributed by atoms with Crippen LogP contribution in [0.1, 0.15) is 10.4 Å². The summed E-state index contributed by atoms with van der Waals surface area (Å²) < 4.78 is 9.20. The van der Waals surface area contributed by atoms with Crippen LogP contribution in [0, 0.1) is 0 Å². The lowest BCUT2D eigenvalue weighted by molar-refractivity contribution is 0.0735. The average molecular weight is 625 g/mol. The van der Waals surface area contributed by atoms with Crippen LogP contribution in [0.15, 0.2) is 124 Å². The molecule has 2 aromatic heterocycles. The summed E-state index contributed by atoms with van der Waals surface area (Å²) in [5.41, 5.74) is 5.75. The zero-order valence-electron chi connectivity index (χ0n) is 19.9. The van der Waals surface area contributed by atoms with Gasteiger partial charge in [0.1, 0.15) is 5.52 Å². The summed E-state index contributed by atoms with van der Waals surface area (Å²) in [6.07, 6.45) is 1.67. The molecule has 2 heterocycles. The van der Waals surface area contributed by atoms with E-state index in [0.29, 0.717) is 21.3 Å². The van der Waals surface area contributed by atoms with Crippen molar-refractivity contribution in [3.05, 3.63) is 130 Å². The van der Waals surface area contributed by atoms with Crippen molar-refractivity contribution in [1.29, 1.82) is 0 Å². The van der Waals surface area contributed by atoms with Gasteiger partial charge < -0.3 is 4.74 Å². The first kappa shape index (κ1) is 24.3. The fourth-order valence-electron chi connectivity index (χ4n) is 4.28. The van der Waals surface area contributed by atoms with Crippen LogP contribution in [0.3, 0.4) is 0 Å². The van der Waals surface area contributed by atoms with E-state index in [1.165, 1.54) is 0 Å². The highest BCUT2D eigenvalue weighted by atomic mass is 79.9. The average Bonchev–Trinajstić information content (AvgIpc) is 3.42. The van der Waals surface area contributed by atoms with Gasteiger partial charge in [0.2, 0.25) is 0 Å². The summed E-state index contributed by atoms with van der Waals surface area (Å²) in [5.74, 6) is -0.0935. The first-order valence-corrected chi connectivity index (χ1v) is 13.4. The van der Waals surface area contributed by atoms with Gasteiger partial charge in [-0.15, -0.1) is 0 Å². The van der Waals surface area contributed by atoms with Crippen LogP contribution in [0.4, 0.5) is 0 Å². The van der Waals surface area contributed by atoms with E-state index in [1.54, 1.807) is 18.3 Å². The van der Waals surface area contributed by atoms with Crippen LogP contribution >= 0.6 is 31.9 Å². The van der Waals surface area contributed by atoms with Crippen molar-refractivity contribution in [2.24, 2.45) is 0 Å². The van der Waals surface area contributed by atoms with E-state index in [9.17, 15) is 4.79 Å². The number of ether oxygens (including phenoxy) is 1. The van der Waals surface area contributed by atoms with E-state index in [0.717, 1.165) is 38.1 Å². The Hall–Kier alpha value is -4.07. The minimum absolute atomic E-state index is 0.379. The summed E-state index contributed by atoms with van der Waals surface area (Å²) in [6, 6.07) is 35.1. The van der Waals surface area contributed by atoms with Crippen LogP contribution in [0.2, 0.25) is 0 Å². The standard InChI is InChI=1S/C31H19Br2N3O2/c32-25-18-26(33)30(29-24(25)12-7-17-34-29)38-31(37)22-13-15-23(16-14-22)36-28(21-10-5-2-6-11-21)19-27(35-36)20-8-3-1-4-9-20/h1-19H. The number of halogens is 2. The van der Waals surface area contributed by atoms with Crippen molar-refractivity contribution >= 4 is 48.7 Å². The molecule has 0 atom stereocenters. The number of hydrogen-bond acceptors (Lipinski definition) is 4. The molecule has 184 valence electrons. The van der Waals surface area contributed by atoms with Crippen molar-refractivity contribution in [2.75, 3.05) is 0 Å². The van der Waals surface area contributed by atoms with Crippen LogP contribution in [0.5, 0.6) is 5.75 Å². The SMILES string of the molecule is O=C(Oc1c(Br)cc(Br)c2cccnc12)c1ccc(-n2nc(-c3ccccc3)cc2-c2ccccc2)cc1. The van der Waals surface area contributed by atoms with Gasteiger partial charge in [-0.25, -0.2) is 9.48 Å². The number of carbonyl (C=O) groups excluding carboxylic acids is 1. The molecule has 4 aromatic carbocycles. The third-order valence-corrected chi connectivity index (χ3v) is 7.39. The van der Waals surface area contributed by atoms with E-state index in [-0.39, 0.29) is 0 Å². The lowest BCUT2D eigenvalue weighted by Crippen LogP contribution is -2.10. The van der Waals surface area contributed by atoms with Crippen molar-refractivity contribution in [1.82, 2.24) is 14.8 Å². The molecule has 0 aliphatic carbocycles. The third kappa shape index (κ3) is 4.66. The zero-order valence-corrected chi connectivity index (χ0v) is 23.1. The highest BCUT2D eigenvalue weighted by molar-refractivity contribution is 9.11. The molecule has 0 radical (unpaired) electrons. The van der Waals surface area contributed by atoms with Crippen molar-refractivity contribution < 1.29 is 9.53 Å². The number of fused-ring (bicyclic) bond motifs is 1. The Labute approximate surface area is 236 Å². The number of aromatic nitrogens is 3. The van der Waals surface area contributed by atoms with E-state index in [1.807, 2.05) is 83.5 Å². The lowest BCUT2D eigenvalue weighted by Gasteiger charge is -2.11. The highest BCUT2D eigenvalue weighted by Crippen LogP contribution is 2.37. The molecule has 5 nitrogen and oxygen atoms in total. The molecule has 0 aliphatic heterocycles. The maximum atomic E-state index is 13.1. The molecule has 0 saturated carbocycles. The molecule has 0 fully saturated rings. The van der Waals surface area contributed by atoms with E-state index < -0.39 is 5.97 Å². The van der Waals surface area contributed by atoms with Gasteiger partial charge >= 0.3 is 5.97 Å². The van der Waals surface area contributed by atoms with Crippen LogP contribution in [0.25, 0.3) is 39.1 Å². The monoisotopic (exact) mass is 623 g/mol. The minimum Gasteiger partial charge on any atom is -0.419 e. The molecule has 0 spiro atoms. The molecule has 0 bridgehead atoms. The maximum Gasteiger partial charge on any atom is 0.343 e. The van der Waals surface area contributed by atoms with Gasteiger partial charge in [0.15, 0.2) is 5.75 Å². The van der Waals surface area contributed by atoms with E-state index in [2.05, 4.69) is 55.0 Å². The number of carbonyl (C=O) groups is 1.